The monoisotopic (exact) mass is 485 g/mol. The largest absolute Gasteiger partial charge is 0.482 e. The van der Waals surface area contributed by atoms with Crippen molar-refractivity contribution in [1.82, 2.24) is 19.7 Å². The lowest BCUT2D eigenvalue weighted by atomic mass is 10.00. The van der Waals surface area contributed by atoms with Gasteiger partial charge in [-0.05, 0) is 43.2 Å². The van der Waals surface area contributed by atoms with E-state index in [0.29, 0.717) is 48.5 Å². The van der Waals surface area contributed by atoms with Gasteiger partial charge < -0.3 is 19.4 Å². The van der Waals surface area contributed by atoms with Crippen LogP contribution in [0.4, 0.5) is 0 Å². The van der Waals surface area contributed by atoms with Crippen molar-refractivity contribution >= 4 is 33.6 Å². The average molecular weight is 486 g/mol. The number of H-pyrrole nitrogens is 1. The number of hydrogen-bond donors (Lipinski definition) is 1. The highest BCUT2D eigenvalue weighted by molar-refractivity contribution is 6.07. The minimum Gasteiger partial charge on any atom is -0.482 e. The van der Waals surface area contributed by atoms with Crippen LogP contribution < -0.4 is 5.56 Å². The number of fused-ring (bicyclic) bond motifs is 3. The molecule has 0 spiro atoms. The van der Waals surface area contributed by atoms with Gasteiger partial charge >= 0.3 is 0 Å². The van der Waals surface area contributed by atoms with Crippen molar-refractivity contribution < 1.29 is 14.3 Å². The normalized spacial score (nSPS) is 18.8. The van der Waals surface area contributed by atoms with Gasteiger partial charge in [-0.1, -0.05) is 0 Å². The van der Waals surface area contributed by atoms with Crippen LogP contribution in [0.15, 0.2) is 51.9 Å². The van der Waals surface area contributed by atoms with Crippen molar-refractivity contribution in [3.05, 3.63) is 63.6 Å². The number of aliphatic imine (C=N–C) groups is 1. The van der Waals surface area contributed by atoms with Crippen LogP contribution in [0.2, 0.25) is 0 Å². The number of hydrogen-bond acceptors (Lipinski definition) is 6. The van der Waals surface area contributed by atoms with Gasteiger partial charge in [-0.3, -0.25) is 14.3 Å². The predicted octanol–water partition coefficient (Wildman–Crippen LogP) is 3.39. The van der Waals surface area contributed by atoms with Gasteiger partial charge in [-0.15, -0.1) is 0 Å². The zero-order valence-corrected chi connectivity index (χ0v) is 20.1. The number of aromatic amines is 1. The SMILES string of the molecule is Cc1cc2[nH]c(=O)c3cnn(C4CCOCC4)c3c2cc1C(=O)N1CCC(OC2=C=C=NC=C2)CC1. The highest BCUT2D eigenvalue weighted by Gasteiger charge is 2.27. The molecule has 1 aromatic carbocycles. The van der Waals surface area contributed by atoms with Crippen LogP contribution in [0.1, 0.15) is 47.6 Å². The molecule has 2 saturated heterocycles. The molecule has 5 heterocycles. The van der Waals surface area contributed by atoms with Crippen molar-refractivity contribution in [2.75, 3.05) is 26.3 Å². The van der Waals surface area contributed by atoms with Gasteiger partial charge in [0.2, 0.25) is 0 Å². The predicted molar refractivity (Wildman–Crippen MR) is 135 cm³/mol. The second-order valence-electron chi connectivity index (χ2n) is 9.52. The van der Waals surface area contributed by atoms with E-state index in [1.54, 1.807) is 18.5 Å². The smallest absolute Gasteiger partial charge is 0.259 e. The van der Waals surface area contributed by atoms with E-state index < -0.39 is 0 Å². The van der Waals surface area contributed by atoms with Crippen molar-refractivity contribution in [3.63, 3.8) is 0 Å². The lowest BCUT2D eigenvalue weighted by molar-refractivity contribution is 0.0440. The van der Waals surface area contributed by atoms with Gasteiger partial charge in [0.15, 0.2) is 5.76 Å². The summed E-state index contributed by atoms with van der Waals surface area (Å²) >= 11 is 0. The molecule has 2 aromatic heterocycles. The molecule has 0 atom stereocenters. The highest BCUT2D eigenvalue weighted by Crippen LogP contribution is 2.30. The molecule has 6 rings (SSSR count). The van der Waals surface area contributed by atoms with Crippen LogP contribution in [0, 0.1) is 6.92 Å². The molecule has 0 aliphatic carbocycles. The Morgan fingerprint density at radius 2 is 1.97 bits per heavy atom. The lowest BCUT2D eigenvalue weighted by Crippen LogP contribution is -2.41. The first-order valence-corrected chi connectivity index (χ1v) is 12.4. The quantitative estimate of drug-likeness (QED) is 0.571. The first kappa shape index (κ1) is 22.6. The topological polar surface area (TPSA) is 102 Å². The van der Waals surface area contributed by atoms with E-state index in [1.807, 2.05) is 28.6 Å². The minimum absolute atomic E-state index is 0.00635. The van der Waals surface area contributed by atoms with Crippen LogP contribution in [0.25, 0.3) is 21.8 Å². The Morgan fingerprint density at radius 3 is 2.72 bits per heavy atom. The van der Waals surface area contributed by atoms with Gasteiger partial charge in [0.1, 0.15) is 6.10 Å². The molecule has 3 aliphatic heterocycles. The summed E-state index contributed by atoms with van der Waals surface area (Å²) in [6.07, 6.45) is 8.22. The minimum atomic E-state index is -0.166. The summed E-state index contributed by atoms with van der Waals surface area (Å²) in [7, 11) is 0. The number of allylic oxidation sites excluding steroid dienone is 1. The molecule has 1 amide bonds. The Balaban J connectivity index is 1.30. The fourth-order valence-corrected chi connectivity index (χ4v) is 5.30. The average Bonchev–Trinajstić information content (AvgIpc) is 3.36. The molecular formula is C27H27N5O4. The van der Waals surface area contributed by atoms with E-state index in [-0.39, 0.29) is 23.6 Å². The zero-order chi connectivity index (χ0) is 24.6. The number of aromatic nitrogens is 3. The van der Waals surface area contributed by atoms with E-state index >= 15 is 0 Å². The number of carbonyl (C=O) groups excluding carboxylic acids is 1. The molecule has 1 N–H and O–H groups in total. The van der Waals surface area contributed by atoms with Crippen molar-refractivity contribution in [3.8, 4) is 0 Å². The molecule has 2 fully saturated rings. The fourth-order valence-electron chi connectivity index (χ4n) is 5.30. The molecule has 0 bridgehead atoms. The Hall–Kier alpha value is -3.90. The summed E-state index contributed by atoms with van der Waals surface area (Å²) in [5, 5.41) is 5.96. The van der Waals surface area contributed by atoms with Crippen LogP contribution in [-0.2, 0) is 9.47 Å². The summed E-state index contributed by atoms with van der Waals surface area (Å²) in [5.74, 6) is 3.28. The third-order valence-corrected chi connectivity index (χ3v) is 7.24. The first-order valence-electron chi connectivity index (χ1n) is 12.4. The first-order chi connectivity index (χ1) is 17.6. The number of aryl methyl sites for hydroxylation is 1. The third kappa shape index (κ3) is 4.07. The third-order valence-electron chi connectivity index (χ3n) is 7.24. The molecule has 184 valence electrons. The maximum atomic E-state index is 13.6. The number of likely N-dealkylation sites (tertiary alicyclic amines) is 1. The number of pyridine rings is 1. The van der Waals surface area contributed by atoms with Crippen molar-refractivity contribution in [2.45, 2.75) is 44.8 Å². The molecule has 3 aliphatic rings. The summed E-state index contributed by atoms with van der Waals surface area (Å²) in [6, 6.07) is 3.99. The number of benzene rings is 1. The Labute approximate surface area is 207 Å². The van der Waals surface area contributed by atoms with Crippen molar-refractivity contribution in [1.29, 1.82) is 0 Å². The van der Waals surface area contributed by atoms with Gasteiger partial charge in [-0.2, -0.15) is 5.10 Å². The number of rotatable bonds is 4. The molecule has 0 saturated carbocycles. The van der Waals surface area contributed by atoms with E-state index in [4.69, 9.17) is 9.47 Å². The van der Waals surface area contributed by atoms with Crippen LogP contribution in [0.5, 0.6) is 0 Å². The number of piperidine rings is 1. The van der Waals surface area contributed by atoms with E-state index in [1.165, 1.54) is 0 Å². The molecule has 9 heteroatoms. The van der Waals surface area contributed by atoms with E-state index in [2.05, 4.69) is 26.7 Å². The van der Waals surface area contributed by atoms with Crippen LogP contribution >= 0.6 is 0 Å². The number of ether oxygens (including phenoxy) is 2. The summed E-state index contributed by atoms with van der Waals surface area (Å²) in [4.78, 5) is 35.1. The van der Waals surface area contributed by atoms with E-state index in [9.17, 15) is 9.59 Å². The summed E-state index contributed by atoms with van der Waals surface area (Å²) < 4.78 is 13.4. The molecular weight excluding hydrogens is 458 g/mol. The summed E-state index contributed by atoms with van der Waals surface area (Å²) in [5.41, 5.74) is 5.68. The van der Waals surface area contributed by atoms with Crippen molar-refractivity contribution in [2.24, 2.45) is 4.99 Å². The number of nitrogens with zero attached hydrogens (tertiary/aromatic N) is 4. The Morgan fingerprint density at radius 1 is 1.17 bits per heavy atom. The molecule has 36 heavy (non-hydrogen) atoms. The van der Waals surface area contributed by atoms with Crippen LogP contribution in [-0.4, -0.2) is 63.8 Å². The van der Waals surface area contributed by atoms with Gasteiger partial charge in [0.05, 0.1) is 28.7 Å². The maximum Gasteiger partial charge on any atom is 0.259 e. The molecule has 0 unspecified atom stereocenters. The molecule has 9 nitrogen and oxygen atoms in total. The Bertz CT molecular complexity index is 1540. The number of amides is 1. The van der Waals surface area contributed by atoms with Gasteiger partial charge in [0.25, 0.3) is 11.5 Å². The van der Waals surface area contributed by atoms with Gasteiger partial charge in [-0.25, -0.2) is 4.99 Å². The van der Waals surface area contributed by atoms with E-state index in [0.717, 1.165) is 42.1 Å². The number of nitrogens with one attached hydrogen (secondary N) is 1. The van der Waals surface area contributed by atoms with Crippen LogP contribution in [0.3, 0.4) is 0 Å². The second kappa shape index (κ2) is 9.28. The second-order valence-corrected chi connectivity index (χ2v) is 9.52. The lowest BCUT2D eigenvalue weighted by Gasteiger charge is -2.32. The molecule has 0 radical (unpaired) electrons. The highest BCUT2D eigenvalue weighted by atomic mass is 16.5. The van der Waals surface area contributed by atoms with Gasteiger partial charge in [0, 0.05) is 68.2 Å². The summed E-state index contributed by atoms with van der Waals surface area (Å²) in [6.45, 7) is 4.48. The molecule has 3 aromatic rings. The fraction of sp³-hybridized carbons (Fsp3) is 0.407. The maximum absolute atomic E-state index is 13.6. The standard InChI is InChI=1S/C27H27N5O4/c1-17-14-24-22(25-23(26(33)30-24)16-29-32(25)18-6-12-35-13-7-18)15-21(17)27(34)31-10-4-20(5-11-31)36-19-2-8-28-9-3-19/h2,8,14-16,18,20H,4-7,10-13H2,1H3,(H,30,33). The zero-order valence-electron chi connectivity index (χ0n) is 20.1. The number of carbonyl (C=O) groups is 1. The Kier molecular flexibility index (Phi) is 5.82.